The van der Waals surface area contributed by atoms with Crippen LogP contribution in [-0.2, 0) is 19.2 Å². The molecule has 202 valence electrons. The third kappa shape index (κ3) is 11.1. The highest BCUT2D eigenvalue weighted by molar-refractivity contribution is 14.1. The van der Waals surface area contributed by atoms with Crippen LogP contribution in [0, 0.1) is 11.3 Å². The van der Waals surface area contributed by atoms with E-state index in [0.29, 0.717) is 37.2 Å². The highest BCUT2D eigenvalue weighted by Crippen LogP contribution is 2.40. The fraction of sp³-hybridized carbons (Fsp3) is 0.667. The molecule has 0 spiro atoms. The molecule has 0 fully saturated rings. The first-order valence-electron chi connectivity index (χ1n) is 11.4. The number of rotatable bonds is 13. The van der Waals surface area contributed by atoms with Crippen LogP contribution in [0.25, 0.3) is 11.2 Å². The molecule has 2 atom stereocenters. The summed E-state index contributed by atoms with van der Waals surface area (Å²) < 4.78 is 13.5. The highest BCUT2D eigenvalue weighted by Gasteiger charge is 2.23. The third-order valence-corrected chi connectivity index (χ3v) is 6.47. The molecular formula is C21H36IN8O5P. The van der Waals surface area contributed by atoms with E-state index in [1.165, 1.54) is 0 Å². The van der Waals surface area contributed by atoms with Gasteiger partial charge in [-0.2, -0.15) is 13.5 Å². The van der Waals surface area contributed by atoms with E-state index < -0.39 is 8.53 Å². The predicted molar refractivity (Wildman–Crippen MR) is 148 cm³/mol. The molecule has 0 aromatic carbocycles. The summed E-state index contributed by atoms with van der Waals surface area (Å²) in [5, 5.41) is 8.32. The Morgan fingerprint density at radius 2 is 2.00 bits per heavy atom. The van der Waals surface area contributed by atoms with Gasteiger partial charge in [-0.25, -0.2) is 19.5 Å². The number of imidazole rings is 1. The number of aryl methyl sites for hydroxylation is 1. The minimum absolute atomic E-state index is 0.0809. The standard InChI is InChI=1S/C12H17IN6O3.C9H19N2O2P/c1-8(21-22-13)4-5-19-7-14-9-10(19)16-12(17-11(9)20)15-6-18(2)3;1-8(2)11(9(3)4)14(12)13-7-5-6-10/h6-8H,4-5H2,1-3H3,(H,16,17,20);8-9,12H,5,7H2,1-4H3/b15-6+;. The molecule has 0 aliphatic carbocycles. The molecule has 2 heterocycles. The van der Waals surface area contributed by atoms with Gasteiger partial charge in [-0.15, -0.1) is 0 Å². The number of aromatic nitrogens is 4. The number of nitrogens with one attached hydrogen (secondary N) is 1. The second-order valence-electron chi connectivity index (χ2n) is 8.53. The van der Waals surface area contributed by atoms with Crippen molar-refractivity contribution in [3.8, 4) is 6.07 Å². The first-order chi connectivity index (χ1) is 17.0. The molecule has 13 nitrogen and oxygen atoms in total. The van der Waals surface area contributed by atoms with Gasteiger partial charge in [-0.1, -0.05) is 0 Å². The second-order valence-corrected chi connectivity index (χ2v) is 10.1. The molecular weight excluding hydrogens is 602 g/mol. The lowest BCUT2D eigenvalue weighted by molar-refractivity contribution is -0.205. The Kier molecular flexibility index (Phi) is 15.2. The van der Waals surface area contributed by atoms with Crippen LogP contribution in [0.5, 0.6) is 0 Å². The SMILES string of the molecule is CC(C)N(C(C)C)P(O)OCCC#N.CC(CCn1cnc2c(=O)[nH]c(/N=C/N(C)C)nc21)OOI. The smallest absolute Gasteiger partial charge is 0.280 e. The van der Waals surface area contributed by atoms with Crippen molar-refractivity contribution in [3.05, 3.63) is 16.7 Å². The van der Waals surface area contributed by atoms with Crippen molar-refractivity contribution < 1.29 is 17.5 Å². The van der Waals surface area contributed by atoms with E-state index in [0.717, 1.165) is 0 Å². The molecule has 0 aliphatic heterocycles. The van der Waals surface area contributed by atoms with E-state index >= 15 is 0 Å². The van der Waals surface area contributed by atoms with Crippen LogP contribution in [0.4, 0.5) is 5.95 Å². The van der Waals surface area contributed by atoms with Crippen molar-refractivity contribution in [2.24, 2.45) is 4.99 Å². The van der Waals surface area contributed by atoms with E-state index in [2.05, 4.69) is 23.2 Å². The Bertz CT molecular complexity index is 1030. The molecule has 15 heteroatoms. The van der Waals surface area contributed by atoms with E-state index in [9.17, 15) is 9.69 Å². The second kappa shape index (κ2) is 16.9. The van der Waals surface area contributed by atoms with Crippen LogP contribution in [0.2, 0.25) is 0 Å². The lowest BCUT2D eigenvalue weighted by Gasteiger charge is -2.32. The number of hydrogen-bond acceptors (Lipinski definition) is 10. The molecule has 0 amide bonds. The molecule has 36 heavy (non-hydrogen) atoms. The summed E-state index contributed by atoms with van der Waals surface area (Å²) >= 11 is 1.67. The summed E-state index contributed by atoms with van der Waals surface area (Å²) in [5.41, 5.74) is 0.481. The summed E-state index contributed by atoms with van der Waals surface area (Å²) in [6, 6.07) is 2.46. The quantitative estimate of drug-likeness (QED) is 0.0632. The van der Waals surface area contributed by atoms with E-state index in [4.69, 9.17) is 14.7 Å². The number of halogens is 1. The topological polar surface area (TPSA) is 154 Å². The average Bonchev–Trinajstić information content (AvgIpc) is 3.20. The Morgan fingerprint density at radius 3 is 2.56 bits per heavy atom. The molecule has 0 saturated heterocycles. The largest absolute Gasteiger partial charge is 0.369 e. The van der Waals surface area contributed by atoms with Gasteiger partial charge in [0, 0.05) is 32.7 Å². The van der Waals surface area contributed by atoms with Gasteiger partial charge in [0.05, 0.1) is 37.9 Å². The molecule has 2 rings (SSSR count). The van der Waals surface area contributed by atoms with Crippen molar-refractivity contribution in [2.45, 2.75) is 72.2 Å². The van der Waals surface area contributed by atoms with Crippen molar-refractivity contribution in [1.82, 2.24) is 29.1 Å². The summed E-state index contributed by atoms with van der Waals surface area (Å²) in [7, 11) is 2.12. The van der Waals surface area contributed by atoms with Crippen molar-refractivity contribution in [1.29, 1.82) is 5.26 Å². The Labute approximate surface area is 227 Å². The molecule has 0 aliphatic rings. The average molecular weight is 638 g/mol. The fourth-order valence-electron chi connectivity index (χ4n) is 3.00. The predicted octanol–water partition coefficient (Wildman–Crippen LogP) is 3.67. The summed E-state index contributed by atoms with van der Waals surface area (Å²) in [6.07, 6.45) is 4.09. The van der Waals surface area contributed by atoms with Gasteiger partial charge in [-0.05, 0) is 41.0 Å². The fourth-order valence-corrected chi connectivity index (χ4v) is 4.53. The van der Waals surface area contributed by atoms with E-state index in [-0.39, 0.29) is 29.7 Å². The maximum atomic E-state index is 12.0. The zero-order valence-corrected chi connectivity index (χ0v) is 24.8. The summed E-state index contributed by atoms with van der Waals surface area (Å²) in [6.45, 7) is 10.8. The zero-order valence-electron chi connectivity index (χ0n) is 21.8. The molecule has 0 radical (unpaired) electrons. The number of nitrogens with zero attached hydrogens (tertiary/aromatic N) is 7. The van der Waals surface area contributed by atoms with E-state index in [1.54, 1.807) is 45.1 Å². The van der Waals surface area contributed by atoms with Crippen LogP contribution in [-0.4, -0.2) is 79.2 Å². The Morgan fingerprint density at radius 1 is 1.33 bits per heavy atom. The lowest BCUT2D eigenvalue weighted by Crippen LogP contribution is -2.32. The van der Waals surface area contributed by atoms with Crippen molar-refractivity contribution in [3.63, 3.8) is 0 Å². The third-order valence-electron chi connectivity index (χ3n) is 4.53. The van der Waals surface area contributed by atoms with Crippen LogP contribution < -0.4 is 5.56 Å². The number of fused-ring (bicyclic) bond motifs is 1. The van der Waals surface area contributed by atoms with Crippen LogP contribution in [0.15, 0.2) is 16.1 Å². The molecule has 2 aromatic heterocycles. The van der Waals surface area contributed by atoms with Gasteiger partial charge in [0.25, 0.3) is 14.1 Å². The zero-order chi connectivity index (χ0) is 27.3. The minimum atomic E-state index is -1.55. The molecule has 0 bridgehead atoms. The molecule has 2 aromatic rings. The summed E-state index contributed by atoms with van der Waals surface area (Å²) in [5.74, 6) is 0.243. The first-order valence-corrected chi connectivity index (χ1v) is 13.4. The summed E-state index contributed by atoms with van der Waals surface area (Å²) in [4.78, 5) is 43.6. The number of aliphatic imine (C=N–C) groups is 1. The van der Waals surface area contributed by atoms with Crippen molar-refractivity contribution in [2.75, 3.05) is 20.7 Å². The lowest BCUT2D eigenvalue weighted by atomic mass is 10.3. The Hall–Kier alpha value is -1.73. The van der Waals surface area contributed by atoms with Gasteiger partial charge in [0.15, 0.2) is 34.2 Å². The van der Waals surface area contributed by atoms with Gasteiger partial charge in [0.2, 0.25) is 5.95 Å². The molecule has 0 saturated carbocycles. The van der Waals surface area contributed by atoms with Crippen molar-refractivity contribution >= 4 is 55.0 Å². The number of aromatic amines is 1. The van der Waals surface area contributed by atoms with Crippen LogP contribution >= 0.6 is 31.5 Å². The van der Waals surface area contributed by atoms with Gasteiger partial charge in [-0.3, -0.25) is 9.78 Å². The highest BCUT2D eigenvalue weighted by atomic mass is 127. The maximum Gasteiger partial charge on any atom is 0.280 e. The monoisotopic (exact) mass is 638 g/mol. The number of H-pyrrole nitrogens is 1. The minimum Gasteiger partial charge on any atom is -0.369 e. The normalized spacial score (nSPS) is 13.3. The first kappa shape index (κ1) is 32.3. The Balaban J connectivity index is 0.000000402. The number of hydrogen-bond donors (Lipinski definition) is 2. The van der Waals surface area contributed by atoms with Crippen LogP contribution in [0.1, 0.15) is 47.5 Å². The van der Waals surface area contributed by atoms with Gasteiger partial charge < -0.3 is 18.9 Å². The molecule has 2 N–H and O–H groups in total. The van der Waals surface area contributed by atoms with Gasteiger partial charge in [0.1, 0.15) is 0 Å². The van der Waals surface area contributed by atoms with E-state index in [1.807, 2.05) is 59.5 Å². The van der Waals surface area contributed by atoms with Crippen LogP contribution in [0.3, 0.4) is 0 Å². The number of nitriles is 1. The van der Waals surface area contributed by atoms with Gasteiger partial charge >= 0.3 is 0 Å². The maximum absolute atomic E-state index is 12.0. The molecule has 2 unspecified atom stereocenters.